The van der Waals surface area contributed by atoms with E-state index in [2.05, 4.69) is 4.98 Å². The quantitative estimate of drug-likeness (QED) is 0.636. The summed E-state index contributed by atoms with van der Waals surface area (Å²) in [5.74, 6) is -0.431. The summed E-state index contributed by atoms with van der Waals surface area (Å²) in [4.78, 5) is 14.1. The van der Waals surface area contributed by atoms with Crippen molar-refractivity contribution in [2.24, 2.45) is 0 Å². The Morgan fingerprint density at radius 2 is 2.42 bits per heavy atom. The molecule has 0 aliphatic heterocycles. The second-order valence-electron chi connectivity index (χ2n) is 2.19. The topological polar surface area (TPSA) is 39.2 Å². The Bertz CT molecular complexity index is 260. The predicted octanol–water partition coefficient (Wildman–Crippen LogP) is 1.11. The SMILES string of the molecule is COC(C=O)c1ccc(F)cn1. The molecule has 64 valence electrons. The van der Waals surface area contributed by atoms with Crippen molar-refractivity contribution in [2.75, 3.05) is 7.11 Å². The van der Waals surface area contributed by atoms with Gasteiger partial charge in [-0.2, -0.15) is 0 Å². The van der Waals surface area contributed by atoms with E-state index in [0.29, 0.717) is 12.0 Å². The molecular formula is C8H8FNO2. The van der Waals surface area contributed by atoms with E-state index in [-0.39, 0.29) is 0 Å². The van der Waals surface area contributed by atoms with Crippen LogP contribution in [0, 0.1) is 5.82 Å². The third kappa shape index (κ3) is 1.85. The molecule has 0 aromatic carbocycles. The van der Waals surface area contributed by atoms with Gasteiger partial charge in [-0.15, -0.1) is 0 Å². The summed E-state index contributed by atoms with van der Waals surface area (Å²) in [7, 11) is 1.39. The summed E-state index contributed by atoms with van der Waals surface area (Å²) in [6.07, 6.45) is 0.955. The highest BCUT2D eigenvalue weighted by molar-refractivity contribution is 5.58. The van der Waals surface area contributed by atoms with Gasteiger partial charge in [0.1, 0.15) is 5.82 Å². The zero-order chi connectivity index (χ0) is 8.97. The van der Waals surface area contributed by atoms with Crippen molar-refractivity contribution in [3.8, 4) is 0 Å². The van der Waals surface area contributed by atoms with Gasteiger partial charge < -0.3 is 9.53 Å². The highest BCUT2D eigenvalue weighted by Gasteiger charge is 2.09. The molecule has 3 nitrogen and oxygen atoms in total. The number of aldehydes is 1. The maximum absolute atomic E-state index is 12.4. The van der Waals surface area contributed by atoms with Gasteiger partial charge in [-0.25, -0.2) is 4.39 Å². The molecule has 0 saturated heterocycles. The standard InChI is InChI=1S/C8H8FNO2/c1-12-8(5-11)7-3-2-6(9)4-10-7/h2-5,8H,1H3. The summed E-state index contributed by atoms with van der Waals surface area (Å²) in [5, 5.41) is 0. The zero-order valence-electron chi connectivity index (χ0n) is 6.53. The molecule has 12 heavy (non-hydrogen) atoms. The van der Waals surface area contributed by atoms with Crippen molar-refractivity contribution in [3.63, 3.8) is 0 Å². The van der Waals surface area contributed by atoms with Crippen molar-refractivity contribution in [1.82, 2.24) is 4.98 Å². The largest absolute Gasteiger partial charge is 0.368 e. The molecule has 1 atom stereocenters. The van der Waals surface area contributed by atoms with Gasteiger partial charge in [0.2, 0.25) is 0 Å². The molecule has 1 aromatic heterocycles. The van der Waals surface area contributed by atoms with Crippen LogP contribution in [0.5, 0.6) is 0 Å². The van der Waals surface area contributed by atoms with Gasteiger partial charge in [0.25, 0.3) is 0 Å². The Morgan fingerprint density at radius 1 is 1.67 bits per heavy atom. The number of hydrogen-bond acceptors (Lipinski definition) is 3. The average molecular weight is 169 g/mol. The van der Waals surface area contributed by atoms with Crippen molar-refractivity contribution < 1.29 is 13.9 Å². The van der Waals surface area contributed by atoms with Crippen LogP contribution in [0.1, 0.15) is 11.8 Å². The van der Waals surface area contributed by atoms with Gasteiger partial charge in [-0.05, 0) is 12.1 Å². The smallest absolute Gasteiger partial charge is 0.154 e. The van der Waals surface area contributed by atoms with Crippen LogP contribution in [0.15, 0.2) is 18.3 Å². The normalized spacial score (nSPS) is 12.5. The van der Waals surface area contributed by atoms with Crippen molar-refractivity contribution in [3.05, 3.63) is 29.8 Å². The van der Waals surface area contributed by atoms with E-state index in [9.17, 15) is 9.18 Å². The first-order chi connectivity index (χ1) is 5.77. The van der Waals surface area contributed by atoms with E-state index in [1.807, 2.05) is 0 Å². The molecule has 0 radical (unpaired) electrons. The van der Waals surface area contributed by atoms with Crippen LogP contribution in [0.2, 0.25) is 0 Å². The van der Waals surface area contributed by atoms with Crippen LogP contribution in [0.25, 0.3) is 0 Å². The number of carbonyl (C=O) groups is 1. The summed E-state index contributed by atoms with van der Waals surface area (Å²) in [6, 6.07) is 2.65. The van der Waals surface area contributed by atoms with Crippen molar-refractivity contribution >= 4 is 6.29 Å². The lowest BCUT2D eigenvalue weighted by Gasteiger charge is -2.05. The predicted molar refractivity (Wildman–Crippen MR) is 40.0 cm³/mol. The van der Waals surface area contributed by atoms with Crippen LogP contribution in [0.4, 0.5) is 4.39 Å². The van der Waals surface area contributed by atoms with Crippen molar-refractivity contribution in [2.45, 2.75) is 6.10 Å². The van der Waals surface area contributed by atoms with E-state index < -0.39 is 11.9 Å². The Morgan fingerprint density at radius 3 is 2.83 bits per heavy atom. The maximum atomic E-state index is 12.4. The van der Waals surface area contributed by atoms with E-state index in [4.69, 9.17) is 4.74 Å². The van der Waals surface area contributed by atoms with Gasteiger partial charge in [0, 0.05) is 7.11 Å². The highest BCUT2D eigenvalue weighted by Crippen LogP contribution is 2.10. The third-order valence-corrected chi connectivity index (χ3v) is 1.42. The van der Waals surface area contributed by atoms with Crippen LogP contribution < -0.4 is 0 Å². The van der Waals surface area contributed by atoms with Crippen LogP contribution >= 0.6 is 0 Å². The van der Waals surface area contributed by atoms with Crippen LogP contribution in [0.3, 0.4) is 0 Å². The molecule has 1 heterocycles. The Balaban J connectivity index is 2.87. The van der Waals surface area contributed by atoms with Crippen molar-refractivity contribution in [1.29, 1.82) is 0 Å². The number of ether oxygens (including phenoxy) is 1. The molecule has 0 N–H and O–H groups in total. The number of halogens is 1. The molecule has 4 heteroatoms. The molecule has 1 unspecified atom stereocenters. The maximum Gasteiger partial charge on any atom is 0.154 e. The van der Waals surface area contributed by atoms with Crippen LogP contribution in [-0.2, 0) is 9.53 Å². The van der Waals surface area contributed by atoms with E-state index >= 15 is 0 Å². The monoisotopic (exact) mass is 169 g/mol. The summed E-state index contributed by atoms with van der Waals surface area (Å²) in [6.45, 7) is 0. The molecular weight excluding hydrogens is 161 g/mol. The molecule has 0 aliphatic carbocycles. The number of nitrogens with zero attached hydrogens (tertiary/aromatic N) is 1. The molecule has 0 saturated carbocycles. The number of carbonyl (C=O) groups excluding carboxylic acids is 1. The van der Waals surface area contributed by atoms with Gasteiger partial charge >= 0.3 is 0 Å². The first-order valence-electron chi connectivity index (χ1n) is 3.37. The van der Waals surface area contributed by atoms with Crippen LogP contribution in [-0.4, -0.2) is 18.4 Å². The Kier molecular flexibility index (Phi) is 2.88. The number of pyridine rings is 1. The average Bonchev–Trinajstić information content (AvgIpc) is 2.10. The summed E-state index contributed by atoms with van der Waals surface area (Å²) < 4.78 is 17.1. The second-order valence-corrected chi connectivity index (χ2v) is 2.19. The van der Waals surface area contributed by atoms with Gasteiger partial charge in [0.15, 0.2) is 12.4 Å². The molecule has 1 rings (SSSR count). The minimum Gasteiger partial charge on any atom is -0.368 e. The van der Waals surface area contributed by atoms with E-state index in [1.54, 1.807) is 0 Å². The molecule has 1 aromatic rings. The molecule has 0 fully saturated rings. The molecule has 0 aliphatic rings. The zero-order valence-corrected chi connectivity index (χ0v) is 6.53. The fraction of sp³-hybridized carbons (Fsp3) is 0.250. The van der Waals surface area contributed by atoms with Gasteiger partial charge in [-0.3, -0.25) is 4.98 Å². The third-order valence-electron chi connectivity index (χ3n) is 1.42. The second kappa shape index (κ2) is 3.92. The van der Waals surface area contributed by atoms with Gasteiger partial charge in [0.05, 0.1) is 11.9 Å². The number of rotatable bonds is 3. The first-order valence-corrected chi connectivity index (χ1v) is 3.37. The fourth-order valence-corrected chi connectivity index (χ4v) is 0.802. The highest BCUT2D eigenvalue weighted by atomic mass is 19.1. The minimum absolute atomic E-state index is 0.411. The first kappa shape index (κ1) is 8.80. The summed E-state index contributed by atoms with van der Waals surface area (Å²) >= 11 is 0. The lowest BCUT2D eigenvalue weighted by Crippen LogP contribution is -2.04. The fourth-order valence-electron chi connectivity index (χ4n) is 0.802. The van der Waals surface area contributed by atoms with Gasteiger partial charge in [-0.1, -0.05) is 0 Å². The van der Waals surface area contributed by atoms with E-state index in [1.165, 1.54) is 19.2 Å². The molecule has 0 bridgehead atoms. The summed E-state index contributed by atoms with van der Waals surface area (Å²) in [5.41, 5.74) is 0.411. The van der Waals surface area contributed by atoms with E-state index in [0.717, 1.165) is 6.20 Å². The lowest BCUT2D eigenvalue weighted by atomic mass is 10.2. The number of hydrogen-bond donors (Lipinski definition) is 0. The number of aromatic nitrogens is 1. The number of methoxy groups -OCH3 is 1. The molecule has 0 amide bonds. The Labute approximate surface area is 69.2 Å². The lowest BCUT2D eigenvalue weighted by molar-refractivity contribution is -0.116. The Hall–Kier alpha value is -1.29. The minimum atomic E-state index is -0.703. The molecule has 0 spiro atoms.